The van der Waals surface area contributed by atoms with Gasteiger partial charge >= 0.3 is 0 Å². The molecule has 1 aromatic rings. The van der Waals surface area contributed by atoms with Crippen molar-refractivity contribution in [1.82, 2.24) is 14.9 Å². The molecule has 0 atom stereocenters. The fourth-order valence-electron chi connectivity index (χ4n) is 2.57. The lowest BCUT2D eigenvalue weighted by atomic mass is 9.96. The van der Waals surface area contributed by atoms with Crippen molar-refractivity contribution < 1.29 is 0 Å². The molecule has 0 amide bonds. The first-order valence-electron chi connectivity index (χ1n) is 6.23. The van der Waals surface area contributed by atoms with Gasteiger partial charge in [-0.15, -0.1) is 0 Å². The minimum atomic E-state index is 0.198. The maximum absolute atomic E-state index is 5.83. The van der Waals surface area contributed by atoms with Crippen molar-refractivity contribution in [2.24, 2.45) is 0 Å². The Morgan fingerprint density at radius 3 is 2.72 bits per heavy atom. The first kappa shape index (κ1) is 13.4. The number of hydrogen-bond acceptors (Lipinski definition) is 5. The van der Waals surface area contributed by atoms with Gasteiger partial charge in [0.15, 0.2) is 5.82 Å². The van der Waals surface area contributed by atoms with E-state index < -0.39 is 0 Å². The third kappa shape index (κ3) is 2.67. The van der Waals surface area contributed by atoms with Gasteiger partial charge in [0.05, 0.1) is 11.9 Å². The van der Waals surface area contributed by atoms with Crippen LogP contribution < -0.4 is 11.1 Å². The molecule has 1 heterocycles. The van der Waals surface area contributed by atoms with Crippen LogP contribution >= 0.6 is 11.6 Å². The molecule has 3 N–H and O–H groups in total. The Labute approximate surface area is 113 Å². The van der Waals surface area contributed by atoms with Crippen LogP contribution in [-0.2, 0) is 0 Å². The van der Waals surface area contributed by atoms with Gasteiger partial charge in [-0.25, -0.2) is 4.98 Å². The molecule has 18 heavy (non-hydrogen) atoms. The van der Waals surface area contributed by atoms with Gasteiger partial charge in [-0.1, -0.05) is 12.8 Å². The van der Waals surface area contributed by atoms with Crippen LogP contribution in [0.3, 0.4) is 0 Å². The number of nitrogens with one attached hydrogen (secondary N) is 1. The van der Waals surface area contributed by atoms with Crippen LogP contribution in [0.4, 0.5) is 11.5 Å². The van der Waals surface area contributed by atoms with Gasteiger partial charge in [-0.05, 0) is 38.5 Å². The van der Waals surface area contributed by atoms with E-state index in [1.165, 1.54) is 31.9 Å². The Kier molecular flexibility index (Phi) is 3.92. The lowest BCUT2D eigenvalue weighted by Crippen LogP contribution is -2.47. The van der Waals surface area contributed by atoms with Crippen LogP contribution in [0.15, 0.2) is 6.20 Å². The molecule has 6 heteroatoms. The molecule has 0 aliphatic heterocycles. The number of anilines is 2. The molecule has 1 aromatic heterocycles. The quantitative estimate of drug-likeness (QED) is 0.819. The number of nitrogens with two attached hydrogens (primary N) is 1. The predicted octanol–water partition coefficient (Wildman–Crippen LogP) is 2.00. The molecule has 2 rings (SSSR count). The molecule has 100 valence electrons. The van der Waals surface area contributed by atoms with Crippen molar-refractivity contribution in [2.45, 2.75) is 31.2 Å². The van der Waals surface area contributed by atoms with Crippen LogP contribution in [0, 0.1) is 0 Å². The number of rotatable bonds is 4. The summed E-state index contributed by atoms with van der Waals surface area (Å²) in [6.45, 7) is 0.831. The maximum Gasteiger partial charge on any atom is 0.224 e. The molecular weight excluding hydrogens is 250 g/mol. The lowest BCUT2D eigenvalue weighted by molar-refractivity contribution is 0.172. The van der Waals surface area contributed by atoms with Gasteiger partial charge in [-0.3, -0.25) is 0 Å². The van der Waals surface area contributed by atoms with Crippen LogP contribution in [0.25, 0.3) is 0 Å². The van der Waals surface area contributed by atoms with Gasteiger partial charge in [0.1, 0.15) is 0 Å². The molecular formula is C12H20ClN5. The van der Waals surface area contributed by atoms with E-state index in [4.69, 9.17) is 17.3 Å². The van der Waals surface area contributed by atoms with E-state index in [2.05, 4.69) is 34.3 Å². The topological polar surface area (TPSA) is 67.1 Å². The molecule has 1 aliphatic rings. The molecule has 0 unspecified atom stereocenters. The Hall–Kier alpha value is -1.07. The minimum Gasteiger partial charge on any atom is -0.394 e. The largest absolute Gasteiger partial charge is 0.394 e. The van der Waals surface area contributed by atoms with Crippen molar-refractivity contribution in [2.75, 3.05) is 31.7 Å². The number of likely N-dealkylation sites (N-methyl/N-ethyl adjacent to an activating group) is 1. The Balaban J connectivity index is 2.08. The first-order valence-corrected chi connectivity index (χ1v) is 6.61. The molecule has 1 fully saturated rings. The number of aromatic nitrogens is 2. The normalized spacial score (nSPS) is 18.2. The third-order valence-corrected chi connectivity index (χ3v) is 4.04. The summed E-state index contributed by atoms with van der Waals surface area (Å²) >= 11 is 5.78. The molecule has 0 saturated heterocycles. The zero-order valence-corrected chi connectivity index (χ0v) is 11.7. The fourth-order valence-corrected chi connectivity index (χ4v) is 2.71. The van der Waals surface area contributed by atoms with E-state index >= 15 is 0 Å². The summed E-state index contributed by atoms with van der Waals surface area (Å²) in [5.41, 5.74) is 6.57. The minimum absolute atomic E-state index is 0.198. The SMILES string of the molecule is CN(C)C1(CNc2nc(Cl)ncc2N)CCCC1. The molecule has 5 nitrogen and oxygen atoms in total. The van der Waals surface area contributed by atoms with Gasteiger partial charge in [0.25, 0.3) is 0 Å². The van der Waals surface area contributed by atoms with Crippen LogP contribution in [0.2, 0.25) is 5.28 Å². The zero-order chi connectivity index (χ0) is 13.2. The van der Waals surface area contributed by atoms with Crippen molar-refractivity contribution >= 4 is 23.1 Å². The second-order valence-electron chi connectivity index (χ2n) is 5.12. The number of nitrogen functional groups attached to an aromatic ring is 1. The molecule has 0 bridgehead atoms. The number of halogens is 1. The van der Waals surface area contributed by atoms with Crippen LogP contribution in [0.1, 0.15) is 25.7 Å². The van der Waals surface area contributed by atoms with Gasteiger partial charge in [0.2, 0.25) is 5.28 Å². The van der Waals surface area contributed by atoms with Crippen molar-refractivity contribution in [3.8, 4) is 0 Å². The highest BCUT2D eigenvalue weighted by molar-refractivity contribution is 6.28. The van der Waals surface area contributed by atoms with Crippen LogP contribution in [0.5, 0.6) is 0 Å². The summed E-state index contributed by atoms with van der Waals surface area (Å²) < 4.78 is 0. The second kappa shape index (κ2) is 5.28. The summed E-state index contributed by atoms with van der Waals surface area (Å²) in [6.07, 6.45) is 6.49. The van der Waals surface area contributed by atoms with E-state index in [9.17, 15) is 0 Å². The van der Waals surface area contributed by atoms with E-state index in [1.54, 1.807) is 0 Å². The predicted molar refractivity (Wildman–Crippen MR) is 74.8 cm³/mol. The van der Waals surface area contributed by atoms with Crippen molar-refractivity contribution in [3.63, 3.8) is 0 Å². The van der Waals surface area contributed by atoms with Gasteiger partial charge in [-0.2, -0.15) is 4.98 Å². The van der Waals surface area contributed by atoms with E-state index in [0.29, 0.717) is 11.5 Å². The average molecular weight is 270 g/mol. The standard InChI is InChI=1S/C12H20ClN5/c1-18(2)12(5-3-4-6-12)8-16-10-9(14)7-15-11(13)17-10/h7H,3-6,8,14H2,1-2H3,(H,15,16,17). The highest BCUT2D eigenvalue weighted by Crippen LogP contribution is 2.34. The number of hydrogen-bond donors (Lipinski definition) is 2. The Bertz CT molecular complexity index is 415. The summed E-state index contributed by atoms with van der Waals surface area (Å²) in [5, 5.41) is 3.54. The first-order chi connectivity index (χ1) is 8.53. The fraction of sp³-hybridized carbons (Fsp3) is 0.667. The van der Waals surface area contributed by atoms with Crippen molar-refractivity contribution in [1.29, 1.82) is 0 Å². The summed E-state index contributed by atoms with van der Waals surface area (Å²) in [5.74, 6) is 0.628. The van der Waals surface area contributed by atoms with E-state index in [0.717, 1.165) is 6.54 Å². The molecule has 1 aliphatic carbocycles. The van der Waals surface area contributed by atoms with E-state index in [-0.39, 0.29) is 10.8 Å². The highest BCUT2D eigenvalue weighted by Gasteiger charge is 2.35. The maximum atomic E-state index is 5.83. The monoisotopic (exact) mass is 269 g/mol. The summed E-state index contributed by atoms with van der Waals surface area (Å²) in [6, 6.07) is 0. The Morgan fingerprint density at radius 1 is 1.44 bits per heavy atom. The van der Waals surface area contributed by atoms with Gasteiger partial charge in [0, 0.05) is 12.1 Å². The second-order valence-corrected chi connectivity index (χ2v) is 5.46. The lowest BCUT2D eigenvalue weighted by Gasteiger charge is -2.36. The van der Waals surface area contributed by atoms with E-state index in [1.807, 2.05) is 0 Å². The summed E-state index contributed by atoms with van der Waals surface area (Å²) in [4.78, 5) is 10.3. The van der Waals surface area contributed by atoms with Gasteiger partial charge < -0.3 is 16.0 Å². The molecule has 0 radical (unpaired) electrons. The molecule has 0 spiro atoms. The highest BCUT2D eigenvalue weighted by atomic mass is 35.5. The molecule has 1 saturated carbocycles. The van der Waals surface area contributed by atoms with Crippen LogP contribution in [-0.4, -0.2) is 41.0 Å². The molecule has 0 aromatic carbocycles. The number of nitrogens with zero attached hydrogens (tertiary/aromatic N) is 3. The zero-order valence-electron chi connectivity index (χ0n) is 10.9. The third-order valence-electron chi connectivity index (χ3n) is 3.86. The smallest absolute Gasteiger partial charge is 0.224 e. The summed E-state index contributed by atoms with van der Waals surface area (Å²) in [7, 11) is 4.26. The Morgan fingerprint density at radius 2 is 2.11 bits per heavy atom. The van der Waals surface area contributed by atoms with Crippen molar-refractivity contribution in [3.05, 3.63) is 11.5 Å². The average Bonchev–Trinajstić information content (AvgIpc) is 2.80.